The van der Waals surface area contributed by atoms with Crippen LogP contribution in [0.1, 0.15) is 42.5 Å². The van der Waals surface area contributed by atoms with Crippen molar-refractivity contribution >= 4 is 6.03 Å². The number of aliphatic hydroxyl groups is 1. The van der Waals surface area contributed by atoms with Crippen LogP contribution < -0.4 is 5.32 Å². The van der Waals surface area contributed by atoms with Gasteiger partial charge in [0.05, 0.1) is 6.04 Å². The molecule has 1 aliphatic heterocycles. The Morgan fingerprint density at radius 1 is 1.16 bits per heavy atom. The predicted octanol–water partition coefficient (Wildman–Crippen LogP) is 3.66. The third-order valence-corrected chi connectivity index (χ3v) is 4.86. The number of hydrogen-bond acceptors (Lipinski definition) is 2. The van der Waals surface area contributed by atoms with Crippen molar-refractivity contribution in [2.75, 3.05) is 6.61 Å². The van der Waals surface area contributed by atoms with Gasteiger partial charge < -0.3 is 15.3 Å². The Bertz CT molecular complexity index is 702. The molecular formula is C21H26N2O2. The zero-order valence-corrected chi connectivity index (χ0v) is 14.7. The van der Waals surface area contributed by atoms with E-state index in [0.717, 1.165) is 18.4 Å². The van der Waals surface area contributed by atoms with Crippen molar-refractivity contribution in [3.63, 3.8) is 0 Å². The Morgan fingerprint density at radius 2 is 1.84 bits per heavy atom. The van der Waals surface area contributed by atoms with Crippen LogP contribution in [0.2, 0.25) is 0 Å². The number of aliphatic hydroxyl groups excluding tert-OH is 1. The Morgan fingerprint density at radius 3 is 2.56 bits per heavy atom. The van der Waals surface area contributed by atoms with E-state index in [1.807, 2.05) is 36.1 Å². The first-order valence-electron chi connectivity index (χ1n) is 8.98. The average molecular weight is 338 g/mol. The summed E-state index contributed by atoms with van der Waals surface area (Å²) in [6, 6.07) is 18.6. The van der Waals surface area contributed by atoms with Crippen LogP contribution in [0.3, 0.4) is 0 Å². The smallest absolute Gasteiger partial charge is 0.318 e. The second kappa shape index (κ2) is 8.17. The summed E-state index contributed by atoms with van der Waals surface area (Å²) in [6.07, 6.45) is 2.31. The molecule has 132 valence electrons. The summed E-state index contributed by atoms with van der Waals surface area (Å²) in [7, 11) is 0. The number of carbonyl (C=O) groups excluding carboxylic acids is 1. The van der Waals surface area contributed by atoms with Gasteiger partial charge in [-0.3, -0.25) is 0 Å². The maximum atomic E-state index is 12.9. The zero-order chi connectivity index (χ0) is 17.6. The molecule has 2 amide bonds. The molecule has 2 atom stereocenters. The van der Waals surface area contributed by atoms with Crippen molar-refractivity contribution in [2.24, 2.45) is 0 Å². The maximum Gasteiger partial charge on any atom is 0.318 e. The highest BCUT2D eigenvalue weighted by atomic mass is 16.3. The second-order valence-electron chi connectivity index (χ2n) is 6.74. The number of fused-ring (bicyclic) bond motifs is 1. The first kappa shape index (κ1) is 17.5. The van der Waals surface area contributed by atoms with Gasteiger partial charge in [-0.15, -0.1) is 0 Å². The van der Waals surface area contributed by atoms with Crippen molar-refractivity contribution in [1.29, 1.82) is 0 Å². The molecule has 0 fully saturated rings. The van der Waals surface area contributed by atoms with Gasteiger partial charge in [-0.1, -0.05) is 54.6 Å². The maximum absolute atomic E-state index is 12.9. The number of hydrogen-bond donors (Lipinski definition) is 2. The topological polar surface area (TPSA) is 52.6 Å². The van der Waals surface area contributed by atoms with Crippen LogP contribution in [-0.4, -0.2) is 28.7 Å². The summed E-state index contributed by atoms with van der Waals surface area (Å²) < 4.78 is 0. The number of amides is 2. The molecule has 0 aliphatic carbocycles. The largest absolute Gasteiger partial charge is 0.396 e. The van der Waals surface area contributed by atoms with Crippen LogP contribution in [0.5, 0.6) is 0 Å². The minimum Gasteiger partial charge on any atom is -0.396 e. The summed E-state index contributed by atoms with van der Waals surface area (Å²) in [5.41, 5.74) is 3.69. The molecule has 1 aliphatic rings. The lowest BCUT2D eigenvalue weighted by Crippen LogP contribution is -2.47. The van der Waals surface area contributed by atoms with Crippen molar-refractivity contribution in [3.8, 4) is 0 Å². The molecule has 0 saturated carbocycles. The molecule has 4 nitrogen and oxygen atoms in total. The van der Waals surface area contributed by atoms with Crippen LogP contribution >= 0.6 is 0 Å². The SMILES string of the molecule is CC(CCCO)NC(=O)N1Cc2ccccc2CC1c1ccccc1. The molecule has 0 aromatic heterocycles. The molecule has 0 saturated heterocycles. The first-order chi connectivity index (χ1) is 12.2. The van der Waals surface area contributed by atoms with Gasteiger partial charge in [0, 0.05) is 19.2 Å². The monoisotopic (exact) mass is 338 g/mol. The molecule has 4 heteroatoms. The van der Waals surface area contributed by atoms with Crippen LogP contribution in [0, 0.1) is 0 Å². The van der Waals surface area contributed by atoms with Gasteiger partial charge in [-0.25, -0.2) is 4.79 Å². The van der Waals surface area contributed by atoms with E-state index < -0.39 is 0 Å². The van der Waals surface area contributed by atoms with Crippen molar-refractivity contribution in [2.45, 2.75) is 44.8 Å². The Labute approximate surface area is 149 Å². The van der Waals surface area contributed by atoms with Gasteiger partial charge in [-0.05, 0) is 42.9 Å². The van der Waals surface area contributed by atoms with Crippen LogP contribution in [0.25, 0.3) is 0 Å². The van der Waals surface area contributed by atoms with Gasteiger partial charge in [0.25, 0.3) is 0 Å². The van der Waals surface area contributed by atoms with E-state index in [1.54, 1.807) is 0 Å². The summed E-state index contributed by atoms with van der Waals surface area (Å²) in [5, 5.41) is 12.1. The van der Waals surface area contributed by atoms with Gasteiger partial charge in [0.2, 0.25) is 0 Å². The predicted molar refractivity (Wildman–Crippen MR) is 99.2 cm³/mol. The van der Waals surface area contributed by atoms with Gasteiger partial charge in [0.15, 0.2) is 0 Å². The number of nitrogens with zero attached hydrogens (tertiary/aromatic N) is 1. The molecule has 0 bridgehead atoms. The molecule has 0 spiro atoms. The molecule has 2 unspecified atom stereocenters. The molecule has 0 radical (unpaired) electrons. The van der Waals surface area contributed by atoms with Crippen molar-refractivity contribution in [1.82, 2.24) is 10.2 Å². The molecule has 2 aromatic carbocycles. The normalized spacial score (nSPS) is 17.7. The number of benzene rings is 2. The summed E-state index contributed by atoms with van der Waals surface area (Å²) in [4.78, 5) is 14.9. The minimum atomic E-state index is -0.0335. The quantitative estimate of drug-likeness (QED) is 0.874. The van der Waals surface area contributed by atoms with E-state index in [9.17, 15) is 4.79 Å². The Kier molecular flexibility index (Phi) is 5.71. The second-order valence-corrected chi connectivity index (χ2v) is 6.74. The molecular weight excluding hydrogens is 312 g/mol. The Hall–Kier alpha value is -2.33. The number of rotatable bonds is 5. The zero-order valence-electron chi connectivity index (χ0n) is 14.7. The number of carbonyl (C=O) groups is 1. The van der Waals surface area contributed by atoms with E-state index in [-0.39, 0.29) is 24.7 Å². The lowest BCUT2D eigenvalue weighted by atomic mass is 9.90. The first-order valence-corrected chi connectivity index (χ1v) is 8.98. The highest BCUT2D eigenvalue weighted by molar-refractivity contribution is 5.75. The van der Waals surface area contributed by atoms with Gasteiger partial charge in [0.1, 0.15) is 0 Å². The fourth-order valence-electron chi connectivity index (χ4n) is 3.47. The van der Waals surface area contributed by atoms with E-state index in [2.05, 4.69) is 35.6 Å². The molecule has 2 aromatic rings. The fourth-order valence-corrected chi connectivity index (χ4v) is 3.47. The highest BCUT2D eigenvalue weighted by Crippen LogP contribution is 2.33. The number of urea groups is 1. The average Bonchev–Trinajstić information content (AvgIpc) is 2.66. The van der Waals surface area contributed by atoms with Crippen molar-refractivity contribution < 1.29 is 9.90 Å². The third kappa shape index (κ3) is 4.20. The van der Waals surface area contributed by atoms with Crippen LogP contribution in [-0.2, 0) is 13.0 Å². The third-order valence-electron chi connectivity index (χ3n) is 4.86. The fraction of sp³-hybridized carbons (Fsp3) is 0.381. The molecule has 1 heterocycles. The van der Waals surface area contributed by atoms with Crippen molar-refractivity contribution in [3.05, 3.63) is 71.3 Å². The lowest BCUT2D eigenvalue weighted by molar-refractivity contribution is 0.159. The summed E-state index contributed by atoms with van der Waals surface area (Å²) in [6.45, 7) is 2.77. The van der Waals surface area contributed by atoms with Crippen LogP contribution in [0.15, 0.2) is 54.6 Å². The summed E-state index contributed by atoms with van der Waals surface area (Å²) >= 11 is 0. The van der Waals surface area contributed by atoms with Gasteiger partial charge >= 0.3 is 6.03 Å². The van der Waals surface area contributed by atoms with E-state index in [1.165, 1.54) is 11.1 Å². The molecule has 2 N–H and O–H groups in total. The lowest BCUT2D eigenvalue weighted by Gasteiger charge is -2.38. The van der Waals surface area contributed by atoms with E-state index >= 15 is 0 Å². The minimum absolute atomic E-state index is 0.0335. The van der Waals surface area contributed by atoms with E-state index in [4.69, 9.17) is 5.11 Å². The molecule has 25 heavy (non-hydrogen) atoms. The van der Waals surface area contributed by atoms with E-state index in [0.29, 0.717) is 13.0 Å². The Balaban J connectivity index is 1.82. The highest BCUT2D eigenvalue weighted by Gasteiger charge is 2.31. The van der Waals surface area contributed by atoms with Gasteiger partial charge in [-0.2, -0.15) is 0 Å². The number of nitrogens with one attached hydrogen (secondary N) is 1. The standard InChI is InChI=1S/C21H26N2O2/c1-16(8-7-13-24)22-21(25)23-15-19-12-6-5-11-18(19)14-20(23)17-9-3-2-4-10-17/h2-6,9-12,16,20,24H,7-8,13-15H2,1H3,(H,22,25). The van der Waals surface area contributed by atoms with Crippen LogP contribution in [0.4, 0.5) is 4.79 Å². The molecule has 3 rings (SSSR count). The summed E-state index contributed by atoms with van der Waals surface area (Å²) in [5.74, 6) is 0.